The molecule has 0 amide bonds. The quantitative estimate of drug-likeness (QED) is 0.0704. The lowest BCUT2D eigenvalue weighted by Crippen LogP contribution is -2.51. The molecule has 0 aliphatic carbocycles. The third kappa shape index (κ3) is 4.29. The summed E-state index contributed by atoms with van der Waals surface area (Å²) >= 11 is 10.5. The summed E-state index contributed by atoms with van der Waals surface area (Å²) in [6.45, 7) is -9.60. The van der Waals surface area contributed by atoms with E-state index in [4.69, 9.17) is 62.6 Å². The molecular formula is C20H23N10O12P2S2+. The van der Waals surface area contributed by atoms with Gasteiger partial charge in [-0.3, -0.25) is 33.2 Å². The SMILES string of the molecule is Nc1nc2c(c(=O)[nH]1)N=C[N+]21C2O[C@@H]3COP(O)(=S)OC4C(O)[C@H](n5cnc6c(=O)[nH]c(N)nc65)O[C@@H]4COP(O)(=S)OC3C21O. The number of nitrogens with one attached hydrogen (secondary N) is 2. The Hall–Kier alpha value is -2.64. The lowest BCUT2D eigenvalue weighted by atomic mass is 10.1. The standard InChI is InChI=1S/C20H22N10O12P2S2/c21-18-25-12-7(14(32)27-18)23-3-29(12)16-9(31)10-5(39-16)1-37-44(36,46)42-11-6(2-38-43(35,45)41-10)40-17-20(11,34)30(17)4-24-8-13(30)26-19(22)28-15(8)33/h3-6,9-11,16-17,31,34H,1-2H2,(H7-,21,22,25,26,27,28,32,33,35,36,45,46)/p+1/t5-,6-,9?,10?,11?,16-,17?,20?,30?,43?,44?/m1/s1. The number of hydrogen-bond donors (Lipinski definition) is 8. The number of nitrogens with zero attached hydrogens (tertiary/aromatic N) is 6. The largest absolute Gasteiger partial charge is 0.386 e. The van der Waals surface area contributed by atoms with Crippen molar-refractivity contribution in [2.75, 3.05) is 24.7 Å². The molecule has 0 saturated carbocycles. The molecule has 8 heterocycles. The van der Waals surface area contributed by atoms with Crippen LogP contribution in [0.1, 0.15) is 6.23 Å². The molecule has 4 fully saturated rings. The molecule has 3 aromatic heterocycles. The van der Waals surface area contributed by atoms with Crippen molar-refractivity contribution in [2.24, 2.45) is 4.99 Å². The molecule has 3 aromatic rings. The molecular weight excluding hydrogens is 698 g/mol. The van der Waals surface area contributed by atoms with Crippen molar-refractivity contribution in [1.29, 1.82) is 0 Å². The van der Waals surface area contributed by atoms with Crippen molar-refractivity contribution in [2.45, 2.75) is 48.7 Å². The molecule has 5 aliphatic heterocycles. The van der Waals surface area contributed by atoms with Crippen LogP contribution in [-0.4, -0.2) is 112 Å². The summed E-state index contributed by atoms with van der Waals surface area (Å²) in [6.07, 6.45) is -7.10. The molecule has 8 rings (SSSR count). The van der Waals surface area contributed by atoms with Crippen LogP contribution in [0.3, 0.4) is 0 Å². The van der Waals surface area contributed by atoms with Gasteiger partial charge in [0.15, 0.2) is 23.5 Å². The number of anilines is 2. The Balaban J connectivity index is 1.11. The first-order valence-electron chi connectivity index (χ1n) is 13.2. The van der Waals surface area contributed by atoms with E-state index in [0.29, 0.717) is 0 Å². The van der Waals surface area contributed by atoms with Gasteiger partial charge in [0.1, 0.15) is 24.4 Å². The first-order chi connectivity index (χ1) is 21.6. The Labute approximate surface area is 264 Å². The van der Waals surface area contributed by atoms with E-state index >= 15 is 0 Å². The minimum atomic E-state index is -4.28. The summed E-state index contributed by atoms with van der Waals surface area (Å²) in [4.78, 5) is 67.8. The number of aromatic nitrogens is 6. The van der Waals surface area contributed by atoms with Gasteiger partial charge < -0.3 is 50.0 Å². The molecule has 10 N–H and O–H groups in total. The molecule has 0 bridgehead atoms. The third-order valence-electron chi connectivity index (χ3n) is 8.27. The number of ether oxygens (including phenoxy) is 2. The third-order valence-corrected chi connectivity index (χ3v) is 11.4. The minimum absolute atomic E-state index is 0.0293. The Morgan fingerprint density at radius 3 is 2.46 bits per heavy atom. The second kappa shape index (κ2) is 9.95. The highest BCUT2D eigenvalue weighted by atomic mass is 32.5. The zero-order valence-corrected chi connectivity index (χ0v) is 26.1. The number of aromatic amines is 2. The van der Waals surface area contributed by atoms with Crippen molar-refractivity contribution in [3.63, 3.8) is 0 Å². The van der Waals surface area contributed by atoms with Crippen molar-refractivity contribution >= 4 is 78.0 Å². The average Bonchev–Trinajstić information content (AvgIpc) is 3.48. The van der Waals surface area contributed by atoms with Gasteiger partial charge in [0.25, 0.3) is 23.2 Å². The number of fused-ring (bicyclic) bond motifs is 9. The first-order valence-corrected chi connectivity index (χ1v) is 18.4. The van der Waals surface area contributed by atoms with Crippen molar-refractivity contribution < 1.29 is 47.6 Å². The normalized spacial score (nSPS) is 43.1. The summed E-state index contributed by atoms with van der Waals surface area (Å²) in [5.41, 5.74) is 7.83. The highest BCUT2D eigenvalue weighted by Gasteiger charge is 2.94. The maximum Gasteiger partial charge on any atom is 0.326 e. The molecule has 4 saturated heterocycles. The molecule has 11 atom stereocenters. The van der Waals surface area contributed by atoms with E-state index in [-0.39, 0.29) is 34.6 Å². The maximum absolute atomic E-state index is 12.4. The van der Waals surface area contributed by atoms with Gasteiger partial charge in [0.05, 0.1) is 19.5 Å². The fraction of sp³-hybridized carbons (Fsp3) is 0.500. The van der Waals surface area contributed by atoms with Crippen LogP contribution >= 0.6 is 13.4 Å². The summed E-state index contributed by atoms with van der Waals surface area (Å²) in [5.74, 6) is -0.491. The van der Waals surface area contributed by atoms with Crippen LogP contribution in [0, 0.1) is 0 Å². The number of H-pyrrole nitrogens is 2. The summed E-state index contributed by atoms with van der Waals surface area (Å²) in [6, 6.07) is 0. The molecule has 5 aliphatic rings. The fourth-order valence-electron chi connectivity index (χ4n) is 6.26. The van der Waals surface area contributed by atoms with Crippen LogP contribution in [0.5, 0.6) is 0 Å². The summed E-state index contributed by atoms with van der Waals surface area (Å²) in [7, 11) is 0. The van der Waals surface area contributed by atoms with E-state index in [1.54, 1.807) is 0 Å². The molecule has 22 nitrogen and oxygen atoms in total. The molecule has 1 spiro atoms. The molecule has 26 heteroatoms. The lowest BCUT2D eigenvalue weighted by Gasteiger charge is -2.32. The van der Waals surface area contributed by atoms with E-state index in [9.17, 15) is 29.6 Å². The number of rotatable bonds is 1. The van der Waals surface area contributed by atoms with Gasteiger partial charge in [0, 0.05) is 0 Å². The second-order valence-electron chi connectivity index (χ2n) is 10.9. The smallest absolute Gasteiger partial charge is 0.326 e. The number of imidazole rings is 1. The van der Waals surface area contributed by atoms with Gasteiger partial charge in [-0.25, -0.2) is 4.98 Å². The first kappa shape index (κ1) is 30.7. The monoisotopic (exact) mass is 721 g/mol. The van der Waals surface area contributed by atoms with Crippen LogP contribution in [-0.2, 0) is 51.2 Å². The van der Waals surface area contributed by atoms with Crippen molar-refractivity contribution in [3.05, 3.63) is 27.0 Å². The van der Waals surface area contributed by atoms with Crippen LogP contribution in [0.15, 0.2) is 20.9 Å². The zero-order valence-electron chi connectivity index (χ0n) is 22.7. The predicted octanol–water partition coefficient (Wildman–Crippen LogP) is -3.02. The van der Waals surface area contributed by atoms with E-state index in [2.05, 4.69) is 29.9 Å². The van der Waals surface area contributed by atoms with Gasteiger partial charge in [-0.2, -0.15) is 19.4 Å². The Kier molecular flexibility index (Phi) is 6.63. The zero-order chi connectivity index (χ0) is 32.6. The van der Waals surface area contributed by atoms with E-state index in [0.717, 1.165) is 0 Å². The van der Waals surface area contributed by atoms with Gasteiger partial charge in [0.2, 0.25) is 23.9 Å². The lowest BCUT2D eigenvalue weighted by molar-refractivity contribution is -0.0820. The Morgan fingerprint density at radius 1 is 1.02 bits per heavy atom. The highest BCUT2D eigenvalue weighted by molar-refractivity contribution is 8.07. The molecule has 8 unspecified atom stereocenters. The summed E-state index contributed by atoms with van der Waals surface area (Å²) in [5, 5.41) is 23.2. The molecule has 0 aromatic carbocycles. The number of aliphatic hydroxyl groups excluding tert-OH is 1. The number of quaternary nitrogens is 1. The molecule has 46 heavy (non-hydrogen) atoms. The predicted molar refractivity (Wildman–Crippen MR) is 160 cm³/mol. The number of aliphatic imine (C=N–C) groups is 1. The number of hydrogen-bond acceptors (Lipinski definition) is 18. The Bertz CT molecular complexity index is 2060. The van der Waals surface area contributed by atoms with Crippen LogP contribution in [0.2, 0.25) is 0 Å². The van der Waals surface area contributed by atoms with Crippen LogP contribution < -0.4 is 27.1 Å². The average molecular weight is 722 g/mol. The van der Waals surface area contributed by atoms with Crippen molar-refractivity contribution in [3.8, 4) is 0 Å². The van der Waals surface area contributed by atoms with Crippen molar-refractivity contribution in [1.82, 2.24) is 34.0 Å². The fourth-order valence-corrected chi connectivity index (χ4v) is 9.14. The topological polar surface area (TPSA) is 310 Å². The number of aliphatic hydroxyl groups is 2. The van der Waals surface area contributed by atoms with Gasteiger partial charge in [-0.15, -0.1) is 0 Å². The highest BCUT2D eigenvalue weighted by Crippen LogP contribution is 2.66. The van der Waals surface area contributed by atoms with E-state index < -0.39 is 91.0 Å². The van der Waals surface area contributed by atoms with Gasteiger partial charge in [-0.1, -0.05) is 0 Å². The second-order valence-corrected chi connectivity index (χ2v) is 16.5. The Morgan fingerprint density at radius 2 is 1.70 bits per heavy atom. The molecule has 0 radical (unpaired) electrons. The van der Waals surface area contributed by atoms with Gasteiger partial charge >= 0.3 is 19.2 Å². The van der Waals surface area contributed by atoms with E-state index in [1.807, 2.05) is 0 Å². The number of nitrogen functional groups attached to an aromatic ring is 2. The number of nitrogens with two attached hydrogens (primary N) is 2. The van der Waals surface area contributed by atoms with E-state index in [1.165, 1.54) is 17.2 Å². The van der Waals surface area contributed by atoms with Gasteiger partial charge in [-0.05, 0) is 23.6 Å². The maximum atomic E-state index is 12.4. The minimum Gasteiger partial charge on any atom is -0.386 e. The molecule has 246 valence electrons. The summed E-state index contributed by atoms with van der Waals surface area (Å²) < 4.78 is 35.2. The van der Waals surface area contributed by atoms with Crippen LogP contribution in [0.25, 0.3) is 11.2 Å². The van der Waals surface area contributed by atoms with Crippen LogP contribution in [0.4, 0.5) is 23.4 Å².